The van der Waals surface area contributed by atoms with Crippen molar-refractivity contribution in [2.24, 2.45) is 5.41 Å². The topological polar surface area (TPSA) is 29.3 Å². The van der Waals surface area contributed by atoms with E-state index in [1.54, 1.807) is 0 Å². The maximum absolute atomic E-state index is 6.15. The van der Waals surface area contributed by atoms with Crippen molar-refractivity contribution in [3.05, 3.63) is 22.7 Å². The summed E-state index contributed by atoms with van der Waals surface area (Å²) in [6, 6.07) is 4.01. The number of hydrogen-bond donors (Lipinski definition) is 1. The minimum atomic E-state index is 0.532. The van der Waals surface area contributed by atoms with Crippen molar-refractivity contribution in [2.75, 3.05) is 23.7 Å². The Kier molecular flexibility index (Phi) is 4.29. The number of nitrogen functional groups attached to an aromatic ring is 1. The van der Waals surface area contributed by atoms with Gasteiger partial charge in [-0.3, -0.25) is 0 Å². The number of benzene rings is 1. The second-order valence-corrected chi connectivity index (χ2v) is 6.42. The summed E-state index contributed by atoms with van der Waals surface area (Å²) < 4.78 is 0. The summed E-state index contributed by atoms with van der Waals surface area (Å²) in [5, 5.41) is 0.670. The van der Waals surface area contributed by atoms with E-state index in [1.165, 1.54) is 36.9 Å². The van der Waals surface area contributed by atoms with Crippen LogP contribution >= 0.6 is 11.6 Å². The number of nitrogens with zero attached hydrogens (tertiary/aromatic N) is 1. The van der Waals surface area contributed by atoms with Crippen LogP contribution in [0.1, 0.15) is 45.1 Å². The van der Waals surface area contributed by atoms with Gasteiger partial charge >= 0.3 is 0 Å². The van der Waals surface area contributed by atoms with Gasteiger partial charge in [-0.05, 0) is 37.5 Å². The maximum Gasteiger partial charge on any atom is 0.0656 e. The molecule has 0 aliphatic carbocycles. The van der Waals surface area contributed by atoms with Gasteiger partial charge in [0.25, 0.3) is 0 Å². The number of nitrogens with two attached hydrogens (primary N) is 1. The molecule has 0 aromatic heterocycles. The fourth-order valence-corrected chi connectivity index (χ4v) is 3.63. The Morgan fingerprint density at radius 3 is 2.32 bits per heavy atom. The van der Waals surface area contributed by atoms with Crippen LogP contribution in [0.5, 0.6) is 0 Å². The molecular formula is C16H25ClN2. The molecule has 1 aromatic rings. The predicted octanol–water partition coefficient (Wildman–Crippen LogP) is 4.64. The lowest BCUT2D eigenvalue weighted by Gasteiger charge is -2.52. The average Bonchev–Trinajstić information content (AvgIpc) is 2.31. The third-order valence-corrected chi connectivity index (χ3v) is 4.60. The fraction of sp³-hybridized carbons (Fsp3) is 0.625. The first kappa shape index (κ1) is 14.5. The molecular weight excluding hydrogens is 256 g/mol. The molecule has 0 spiro atoms. The zero-order valence-electron chi connectivity index (χ0n) is 12.3. The highest BCUT2D eigenvalue weighted by Crippen LogP contribution is 2.43. The number of aryl methyl sites for hydroxylation is 1. The van der Waals surface area contributed by atoms with Crippen molar-refractivity contribution in [3.63, 3.8) is 0 Å². The first-order valence-corrected chi connectivity index (χ1v) is 7.69. The van der Waals surface area contributed by atoms with E-state index < -0.39 is 0 Å². The quantitative estimate of drug-likeness (QED) is 0.796. The first-order valence-electron chi connectivity index (χ1n) is 7.32. The molecule has 1 saturated heterocycles. The molecule has 2 N–H and O–H groups in total. The highest BCUT2D eigenvalue weighted by molar-refractivity contribution is 6.33. The number of hydrogen-bond acceptors (Lipinski definition) is 2. The van der Waals surface area contributed by atoms with Gasteiger partial charge in [-0.15, -0.1) is 0 Å². The average molecular weight is 281 g/mol. The number of halogens is 1. The van der Waals surface area contributed by atoms with Crippen LogP contribution in [0.15, 0.2) is 12.1 Å². The van der Waals surface area contributed by atoms with Crippen molar-refractivity contribution < 1.29 is 0 Å². The standard InChI is InChI=1S/C16H25ClN2/c1-4-6-16(7-5-2)10-19(11-16)15-9-13(17)14(18)8-12(15)3/h8-9H,4-7,10-11,18H2,1-3H3. The second-order valence-electron chi connectivity index (χ2n) is 6.02. The molecule has 0 saturated carbocycles. The van der Waals surface area contributed by atoms with Crippen molar-refractivity contribution in [1.29, 1.82) is 0 Å². The van der Waals surface area contributed by atoms with Gasteiger partial charge < -0.3 is 10.6 Å². The molecule has 0 atom stereocenters. The van der Waals surface area contributed by atoms with Gasteiger partial charge in [0.05, 0.1) is 10.7 Å². The van der Waals surface area contributed by atoms with E-state index in [0.29, 0.717) is 16.1 Å². The Labute approximate surface area is 121 Å². The molecule has 0 unspecified atom stereocenters. The predicted molar refractivity (Wildman–Crippen MR) is 85.1 cm³/mol. The molecule has 106 valence electrons. The molecule has 1 aliphatic rings. The summed E-state index contributed by atoms with van der Waals surface area (Å²) in [6.07, 6.45) is 5.21. The van der Waals surface area contributed by atoms with E-state index >= 15 is 0 Å². The fourth-order valence-electron chi connectivity index (χ4n) is 3.47. The van der Waals surface area contributed by atoms with E-state index in [9.17, 15) is 0 Å². The lowest BCUT2D eigenvalue weighted by Crippen LogP contribution is -2.56. The summed E-state index contributed by atoms with van der Waals surface area (Å²) in [7, 11) is 0. The van der Waals surface area contributed by atoms with E-state index in [2.05, 4.69) is 25.7 Å². The Bertz CT molecular complexity index is 442. The highest BCUT2D eigenvalue weighted by atomic mass is 35.5. The molecule has 2 rings (SSSR count). The van der Waals surface area contributed by atoms with Crippen LogP contribution in [-0.2, 0) is 0 Å². The van der Waals surface area contributed by atoms with Gasteiger partial charge in [0.2, 0.25) is 0 Å². The summed E-state index contributed by atoms with van der Waals surface area (Å²) in [5.41, 5.74) is 9.53. The third-order valence-electron chi connectivity index (χ3n) is 4.27. The van der Waals surface area contributed by atoms with Crippen LogP contribution in [0.4, 0.5) is 11.4 Å². The lowest BCUT2D eigenvalue weighted by atomic mass is 9.72. The van der Waals surface area contributed by atoms with Gasteiger partial charge in [0.1, 0.15) is 0 Å². The third kappa shape index (κ3) is 2.84. The Morgan fingerprint density at radius 1 is 1.21 bits per heavy atom. The summed E-state index contributed by atoms with van der Waals surface area (Å²) in [4.78, 5) is 2.45. The van der Waals surface area contributed by atoms with Gasteiger partial charge in [0.15, 0.2) is 0 Å². The molecule has 3 heteroatoms. The summed E-state index contributed by atoms with van der Waals surface area (Å²) in [5.74, 6) is 0. The second kappa shape index (κ2) is 5.62. The van der Waals surface area contributed by atoms with Gasteiger partial charge in [-0.2, -0.15) is 0 Å². The van der Waals surface area contributed by atoms with E-state index in [4.69, 9.17) is 17.3 Å². The summed E-state index contributed by atoms with van der Waals surface area (Å²) in [6.45, 7) is 9.00. The van der Waals surface area contributed by atoms with Crippen molar-refractivity contribution in [1.82, 2.24) is 0 Å². The highest BCUT2D eigenvalue weighted by Gasteiger charge is 2.41. The number of rotatable bonds is 5. The van der Waals surface area contributed by atoms with Crippen LogP contribution < -0.4 is 10.6 Å². The summed E-state index contributed by atoms with van der Waals surface area (Å²) >= 11 is 6.15. The molecule has 1 heterocycles. The van der Waals surface area contributed by atoms with Gasteiger partial charge in [0, 0.05) is 24.2 Å². The van der Waals surface area contributed by atoms with Crippen LogP contribution in [0.3, 0.4) is 0 Å². The number of anilines is 2. The van der Waals surface area contributed by atoms with Crippen molar-refractivity contribution in [2.45, 2.75) is 46.5 Å². The van der Waals surface area contributed by atoms with E-state index in [1.807, 2.05) is 12.1 Å². The minimum absolute atomic E-state index is 0.532. The zero-order valence-corrected chi connectivity index (χ0v) is 13.1. The van der Waals surface area contributed by atoms with E-state index in [-0.39, 0.29) is 0 Å². The van der Waals surface area contributed by atoms with E-state index in [0.717, 1.165) is 13.1 Å². The smallest absolute Gasteiger partial charge is 0.0656 e. The molecule has 19 heavy (non-hydrogen) atoms. The van der Waals surface area contributed by atoms with Crippen LogP contribution in [-0.4, -0.2) is 13.1 Å². The Hall–Kier alpha value is -0.890. The Morgan fingerprint density at radius 2 is 1.79 bits per heavy atom. The molecule has 1 aliphatic heterocycles. The first-order chi connectivity index (χ1) is 9.01. The molecule has 0 bridgehead atoms. The Balaban J connectivity index is 2.13. The van der Waals surface area contributed by atoms with Crippen molar-refractivity contribution >= 4 is 23.0 Å². The normalized spacial score (nSPS) is 17.4. The lowest BCUT2D eigenvalue weighted by molar-refractivity contribution is 0.173. The van der Waals surface area contributed by atoms with Crippen LogP contribution in [0.25, 0.3) is 0 Å². The molecule has 0 amide bonds. The molecule has 2 nitrogen and oxygen atoms in total. The zero-order chi connectivity index (χ0) is 14.0. The molecule has 1 aromatic carbocycles. The molecule has 0 radical (unpaired) electrons. The van der Waals surface area contributed by atoms with Gasteiger partial charge in [-0.25, -0.2) is 0 Å². The SMILES string of the molecule is CCCC1(CCC)CN(c2cc(Cl)c(N)cc2C)C1. The maximum atomic E-state index is 6.15. The van der Waals surface area contributed by atoms with Crippen LogP contribution in [0, 0.1) is 12.3 Å². The minimum Gasteiger partial charge on any atom is -0.398 e. The largest absolute Gasteiger partial charge is 0.398 e. The van der Waals surface area contributed by atoms with Gasteiger partial charge in [-0.1, -0.05) is 38.3 Å². The molecule has 1 fully saturated rings. The van der Waals surface area contributed by atoms with Crippen molar-refractivity contribution in [3.8, 4) is 0 Å². The monoisotopic (exact) mass is 280 g/mol. The van der Waals surface area contributed by atoms with Crippen LogP contribution in [0.2, 0.25) is 5.02 Å².